The van der Waals surface area contributed by atoms with E-state index in [0.717, 1.165) is 4.90 Å². The third-order valence-electron chi connectivity index (χ3n) is 18.3. The molecule has 0 bridgehead atoms. The number of anilines is 1. The standard InChI is InChI=1S/C65H81N9O20/c1-34(2)53(70-45(76)14-7-6-8-22-74-46(77)19-20-47(74)78)60(84)69-40(12-10-21-67-63(66)85)59(83)68-37-17-15-36(16-18-37)33-91-64(86)72-25-23-71(24-26-72)32-44(75)65(87)30-39-50(57(82)52-51(55(39)80)54(79)38-11-9-13-42(88-4)49(38)56(52)81)43(31-65)93-48-29-41-58(35(3)92-48)94-61-62(89-5)90-28-27-73(41)61/h9,11,13,15-20,34-35,40-41,43,48,53,58,61-62,80,82,87H,6-8,10,12,14,21-33H2,1-5H3,(H,68,83)(H,69,84)(H,70,76)(H3,66,67,85)/t35-,40-,41-,43-,48-,53-,58+,61+,62-,65-/m0/s1. The monoisotopic (exact) mass is 1310 g/mol. The van der Waals surface area contributed by atoms with Gasteiger partial charge in [-0.15, -0.1) is 0 Å². The Morgan fingerprint density at radius 1 is 0.830 bits per heavy atom. The molecule has 94 heavy (non-hydrogen) atoms. The molecule has 29 heteroatoms. The van der Waals surface area contributed by atoms with Crippen molar-refractivity contribution in [3.8, 4) is 17.2 Å². The van der Waals surface area contributed by atoms with Crippen LogP contribution in [0.25, 0.3) is 0 Å². The number of carbonyl (C=O) groups excluding carboxylic acids is 10. The number of rotatable bonds is 25. The first-order valence-electron chi connectivity index (χ1n) is 31.7. The molecule has 4 fully saturated rings. The number of ketones is 3. The molecule has 506 valence electrons. The SMILES string of the molecule is COc1cccc2c1C(=O)c1c(O)c3c(c(O)c1C2=O)C[C@@](O)(C(=O)CN1CCN(C(=O)OCc2ccc(NC(=O)[C@H](CCCNC(N)=O)NC(=O)[C@@H](NC(=O)CCCCCN4C(=O)C=CC4=O)C(C)C)cc2)CC1)C[C@@H]3O[C@H]1C[C@H]2[C@H](O[C@@H]3[C@@H](OC)OCCN32)[C@H](C)O1. The molecule has 5 aliphatic heterocycles. The van der Waals surface area contributed by atoms with Crippen LogP contribution in [0.15, 0.2) is 54.6 Å². The lowest BCUT2D eigenvalue weighted by Crippen LogP contribution is -2.56. The summed E-state index contributed by atoms with van der Waals surface area (Å²) in [4.78, 5) is 139. The molecule has 10 rings (SSSR count). The number of nitrogens with zero attached hydrogens (tertiary/aromatic N) is 4. The number of nitrogens with one attached hydrogen (secondary N) is 4. The van der Waals surface area contributed by atoms with Gasteiger partial charge in [0, 0.05) is 119 Å². The highest BCUT2D eigenvalue weighted by molar-refractivity contribution is 6.31. The fraction of sp³-hybridized carbons (Fsp3) is 0.538. The van der Waals surface area contributed by atoms with Gasteiger partial charge in [0.15, 0.2) is 30.4 Å². The van der Waals surface area contributed by atoms with Gasteiger partial charge in [0.05, 0.1) is 49.2 Å². The van der Waals surface area contributed by atoms with Crippen LogP contribution >= 0.6 is 0 Å². The van der Waals surface area contributed by atoms with Gasteiger partial charge in [0.1, 0.15) is 47.6 Å². The minimum absolute atomic E-state index is 0.0730. The molecule has 29 nitrogen and oxygen atoms in total. The highest BCUT2D eigenvalue weighted by Gasteiger charge is 2.55. The number of Topliss-reactive ketones (excluding diaryl/α,β-unsaturated/α-hetero) is 1. The summed E-state index contributed by atoms with van der Waals surface area (Å²) in [6.07, 6.45) is -1.61. The van der Waals surface area contributed by atoms with Crippen LogP contribution in [-0.4, -0.2) is 222 Å². The Labute approximate surface area is 541 Å². The molecule has 4 saturated heterocycles. The molecule has 5 heterocycles. The fourth-order valence-electron chi connectivity index (χ4n) is 13.3. The lowest BCUT2D eigenvalue weighted by Gasteiger charge is -2.44. The topological polar surface area (TPSA) is 383 Å². The number of benzene rings is 3. The number of phenols is 2. The smallest absolute Gasteiger partial charge is 0.410 e. The number of hydrogen-bond acceptors (Lipinski definition) is 22. The Morgan fingerprint density at radius 2 is 1.55 bits per heavy atom. The minimum atomic E-state index is -2.27. The van der Waals surface area contributed by atoms with Crippen molar-refractivity contribution < 1.29 is 96.4 Å². The van der Waals surface area contributed by atoms with Crippen molar-refractivity contribution >= 4 is 64.7 Å². The number of urea groups is 1. The van der Waals surface area contributed by atoms with Crippen LogP contribution in [0.2, 0.25) is 0 Å². The number of phenolic OH excluding ortho intramolecular Hbond substituents is 2. The van der Waals surface area contributed by atoms with Crippen molar-refractivity contribution in [3.05, 3.63) is 93.6 Å². The summed E-state index contributed by atoms with van der Waals surface area (Å²) < 4.78 is 42.0. The average molecular weight is 1310 g/mol. The number of piperazine rings is 1. The first kappa shape index (κ1) is 68.4. The number of carbonyl (C=O) groups is 10. The summed E-state index contributed by atoms with van der Waals surface area (Å²) >= 11 is 0. The van der Waals surface area contributed by atoms with Crippen LogP contribution in [0, 0.1) is 5.92 Å². The highest BCUT2D eigenvalue weighted by Crippen LogP contribution is 2.53. The van der Waals surface area contributed by atoms with Crippen LogP contribution in [-0.2, 0) is 70.2 Å². The van der Waals surface area contributed by atoms with E-state index in [4.69, 9.17) is 38.9 Å². The van der Waals surface area contributed by atoms with E-state index in [2.05, 4.69) is 26.2 Å². The average Bonchev–Trinajstić information content (AvgIpc) is 0.860. The molecule has 2 aliphatic carbocycles. The van der Waals surface area contributed by atoms with Gasteiger partial charge in [-0.05, 0) is 62.3 Å². The Bertz CT molecular complexity index is 3450. The minimum Gasteiger partial charge on any atom is -0.507 e. The first-order valence-corrected chi connectivity index (χ1v) is 31.7. The molecule has 8 amide bonds. The Morgan fingerprint density at radius 3 is 2.24 bits per heavy atom. The van der Waals surface area contributed by atoms with Crippen molar-refractivity contribution in [2.45, 2.75) is 146 Å². The number of morpholine rings is 1. The third-order valence-corrected chi connectivity index (χ3v) is 18.3. The second kappa shape index (κ2) is 29.5. The third kappa shape index (κ3) is 14.7. The zero-order valence-corrected chi connectivity index (χ0v) is 53.1. The number of methoxy groups -OCH3 is 2. The first-order chi connectivity index (χ1) is 45.0. The van der Waals surface area contributed by atoms with Crippen molar-refractivity contribution in [1.29, 1.82) is 0 Å². The molecule has 7 aliphatic rings. The molecular weight excluding hydrogens is 1230 g/mol. The van der Waals surface area contributed by atoms with Crippen molar-refractivity contribution in [2.24, 2.45) is 11.7 Å². The van der Waals surface area contributed by atoms with E-state index >= 15 is 0 Å². The molecule has 0 unspecified atom stereocenters. The van der Waals surface area contributed by atoms with Gasteiger partial charge in [-0.2, -0.15) is 0 Å². The highest BCUT2D eigenvalue weighted by atomic mass is 16.7. The maximum Gasteiger partial charge on any atom is 0.410 e. The summed E-state index contributed by atoms with van der Waals surface area (Å²) in [7, 11) is 2.86. The molecular formula is C65H81N9O20. The normalized spacial score (nSPS) is 24.7. The van der Waals surface area contributed by atoms with E-state index in [-0.39, 0.29) is 130 Å². The van der Waals surface area contributed by atoms with Crippen molar-refractivity contribution in [1.82, 2.24) is 35.6 Å². The number of ether oxygens (including phenoxy) is 7. The van der Waals surface area contributed by atoms with Crippen molar-refractivity contribution in [2.75, 3.05) is 78.5 Å². The molecule has 0 radical (unpaired) electrons. The number of amides is 8. The molecule has 9 N–H and O–H groups in total. The number of hydrogen-bond donors (Lipinski definition) is 8. The van der Waals surface area contributed by atoms with Crippen LogP contribution in [0.4, 0.5) is 15.3 Å². The van der Waals surface area contributed by atoms with Gasteiger partial charge in [-0.25, -0.2) is 9.59 Å². The van der Waals surface area contributed by atoms with E-state index < -0.39 is 137 Å². The van der Waals surface area contributed by atoms with Crippen molar-refractivity contribution in [3.63, 3.8) is 0 Å². The van der Waals surface area contributed by atoms with Gasteiger partial charge in [-0.3, -0.25) is 53.1 Å². The zero-order valence-electron chi connectivity index (χ0n) is 53.1. The van der Waals surface area contributed by atoms with Gasteiger partial charge in [0.25, 0.3) is 11.8 Å². The molecule has 0 spiro atoms. The number of unbranched alkanes of at least 4 members (excludes halogenated alkanes) is 2. The Hall–Kier alpha value is -8.42. The maximum absolute atomic E-state index is 14.7. The number of primary amides is 1. The lowest BCUT2D eigenvalue weighted by molar-refractivity contribution is -0.256. The summed E-state index contributed by atoms with van der Waals surface area (Å²) in [5.41, 5.74) is 2.51. The Kier molecular flexibility index (Phi) is 21.5. The summed E-state index contributed by atoms with van der Waals surface area (Å²) in [5.74, 6) is -6.22. The van der Waals surface area contributed by atoms with E-state index in [0.29, 0.717) is 43.7 Å². The largest absolute Gasteiger partial charge is 0.507 e. The van der Waals surface area contributed by atoms with Crippen LogP contribution in [0.1, 0.15) is 127 Å². The van der Waals surface area contributed by atoms with Crippen LogP contribution in [0.3, 0.4) is 0 Å². The fourth-order valence-corrected chi connectivity index (χ4v) is 13.3. The Balaban J connectivity index is 0.741. The van der Waals surface area contributed by atoms with E-state index in [1.807, 2.05) is 6.92 Å². The number of nitrogens with two attached hydrogens (primary N) is 1. The molecule has 3 aromatic rings. The van der Waals surface area contributed by atoms with Gasteiger partial charge in [-0.1, -0.05) is 44.5 Å². The van der Waals surface area contributed by atoms with Gasteiger partial charge >= 0.3 is 12.1 Å². The van der Waals surface area contributed by atoms with Crippen LogP contribution < -0.4 is 31.7 Å². The summed E-state index contributed by atoms with van der Waals surface area (Å²) in [6.45, 7) is 6.75. The second-order valence-electron chi connectivity index (χ2n) is 24.9. The van der Waals surface area contributed by atoms with Gasteiger partial charge in [0.2, 0.25) is 23.5 Å². The predicted octanol–water partition coefficient (Wildman–Crippen LogP) is 2.17. The van der Waals surface area contributed by atoms with E-state index in [9.17, 15) is 63.3 Å². The van der Waals surface area contributed by atoms with Crippen LogP contribution in [0.5, 0.6) is 17.2 Å². The molecule has 0 aromatic heterocycles. The molecule has 3 aromatic carbocycles. The number of imide groups is 1. The number of fused-ring (bicyclic) bond motifs is 6. The zero-order chi connectivity index (χ0) is 67.3. The van der Waals surface area contributed by atoms with E-state index in [1.54, 1.807) is 43.0 Å². The second-order valence-corrected chi connectivity index (χ2v) is 24.9. The number of aromatic hydroxyl groups is 2. The molecule has 10 atom stereocenters. The lowest BCUT2D eigenvalue weighted by atomic mass is 9.71. The summed E-state index contributed by atoms with van der Waals surface area (Å²) in [6, 6.07) is 7.74. The summed E-state index contributed by atoms with van der Waals surface area (Å²) in [5, 5.41) is 47.8. The quantitative estimate of drug-likeness (QED) is 0.0268. The van der Waals surface area contributed by atoms with E-state index in [1.165, 1.54) is 49.5 Å². The number of aliphatic hydroxyl groups is 1. The predicted molar refractivity (Wildman–Crippen MR) is 330 cm³/mol. The maximum atomic E-state index is 14.7. The van der Waals surface area contributed by atoms with Gasteiger partial charge < -0.3 is 80.4 Å². The molecule has 0 saturated carbocycles.